The van der Waals surface area contributed by atoms with Crippen molar-refractivity contribution in [1.82, 2.24) is 16.0 Å². The molecular formula is C35H36FN3O2. The summed E-state index contributed by atoms with van der Waals surface area (Å²) in [5.41, 5.74) is 4.63. The van der Waals surface area contributed by atoms with Crippen LogP contribution in [-0.2, 0) is 11.3 Å². The molecule has 1 saturated carbocycles. The van der Waals surface area contributed by atoms with Crippen molar-refractivity contribution < 1.29 is 14.0 Å². The highest BCUT2D eigenvalue weighted by atomic mass is 19.1. The van der Waals surface area contributed by atoms with Gasteiger partial charge in [-0.15, -0.1) is 0 Å². The average Bonchev–Trinajstić information content (AvgIpc) is 3.80. The second-order valence-electron chi connectivity index (χ2n) is 10.6. The molecule has 3 atom stereocenters. The van der Waals surface area contributed by atoms with Crippen molar-refractivity contribution in [2.24, 2.45) is 0 Å². The molecule has 3 N–H and O–H groups in total. The predicted molar refractivity (Wildman–Crippen MR) is 161 cm³/mol. The molecule has 0 aromatic heterocycles. The largest absolute Gasteiger partial charge is 0.350 e. The number of halogens is 1. The Hall–Kier alpha value is -4.29. The minimum absolute atomic E-state index is 0.193. The van der Waals surface area contributed by atoms with E-state index in [-0.39, 0.29) is 24.2 Å². The lowest BCUT2D eigenvalue weighted by molar-refractivity contribution is -0.123. The van der Waals surface area contributed by atoms with Crippen LogP contribution in [0.4, 0.5) is 4.39 Å². The monoisotopic (exact) mass is 549 g/mol. The standard InChI is InChI=1S/C35H36FN3O2/c36-30-15-9-10-25(22-30)24-38-35(41)32(16-7-8-21-37-33-23-31(33)28-13-5-2-6-14-28)39-34(40)29-19-17-27(18-20-29)26-11-3-1-4-12-26/h1-6,9-15,17-20,22,31-33,37H,7-8,16,21,23-24H2,(H,38,41)(H,39,40)/t31-,32+,33+/m1/s1. The quantitative estimate of drug-likeness (QED) is 0.173. The molecule has 0 heterocycles. The third-order valence-corrected chi connectivity index (χ3v) is 7.58. The van der Waals surface area contributed by atoms with Crippen LogP contribution < -0.4 is 16.0 Å². The summed E-state index contributed by atoms with van der Waals surface area (Å²) in [4.78, 5) is 26.3. The molecule has 1 aliphatic rings. The van der Waals surface area contributed by atoms with Crippen LogP contribution in [0, 0.1) is 5.82 Å². The van der Waals surface area contributed by atoms with Gasteiger partial charge >= 0.3 is 0 Å². The first-order valence-electron chi connectivity index (χ1n) is 14.3. The highest BCUT2D eigenvalue weighted by molar-refractivity contribution is 5.97. The van der Waals surface area contributed by atoms with E-state index >= 15 is 0 Å². The first-order chi connectivity index (χ1) is 20.1. The zero-order valence-corrected chi connectivity index (χ0v) is 23.1. The number of hydrogen-bond acceptors (Lipinski definition) is 3. The Bertz CT molecular complexity index is 1430. The normalized spacial score (nSPS) is 16.5. The Morgan fingerprint density at radius 2 is 1.51 bits per heavy atom. The van der Waals surface area contributed by atoms with Crippen LogP contribution in [0.15, 0.2) is 109 Å². The maximum atomic E-state index is 13.6. The number of hydrogen-bond donors (Lipinski definition) is 3. The van der Waals surface area contributed by atoms with Crippen molar-refractivity contribution in [2.75, 3.05) is 6.54 Å². The summed E-state index contributed by atoms with van der Waals surface area (Å²) in [6.45, 7) is 1.05. The number of benzene rings is 4. The van der Waals surface area contributed by atoms with Crippen molar-refractivity contribution in [1.29, 1.82) is 0 Å². The Morgan fingerprint density at radius 3 is 2.24 bits per heavy atom. The third-order valence-electron chi connectivity index (χ3n) is 7.58. The molecule has 0 unspecified atom stereocenters. The van der Waals surface area contributed by atoms with Gasteiger partial charge in [0.15, 0.2) is 0 Å². The van der Waals surface area contributed by atoms with Gasteiger partial charge in [0, 0.05) is 24.1 Å². The van der Waals surface area contributed by atoms with Gasteiger partial charge < -0.3 is 16.0 Å². The summed E-state index contributed by atoms with van der Waals surface area (Å²) in [5, 5.41) is 9.43. The van der Waals surface area contributed by atoms with E-state index in [0.29, 0.717) is 29.5 Å². The molecule has 210 valence electrons. The Morgan fingerprint density at radius 1 is 0.805 bits per heavy atom. The molecule has 6 heteroatoms. The third kappa shape index (κ3) is 8.12. The molecular weight excluding hydrogens is 513 g/mol. The van der Waals surface area contributed by atoms with Gasteiger partial charge in [-0.2, -0.15) is 0 Å². The second-order valence-corrected chi connectivity index (χ2v) is 10.6. The van der Waals surface area contributed by atoms with Crippen LogP contribution in [0.1, 0.15) is 53.1 Å². The minimum Gasteiger partial charge on any atom is -0.350 e. The van der Waals surface area contributed by atoms with Gasteiger partial charge in [-0.1, -0.05) is 84.9 Å². The molecule has 41 heavy (non-hydrogen) atoms. The molecule has 0 bridgehead atoms. The highest BCUT2D eigenvalue weighted by Crippen LogP contribution is 2.40. The number of rotatable bonds is 13. The highest BCUT2D eigenvalue weighted by Gasteiger charge is 2.37. The number of carbonyl (C=O) groups is 2. The molecule has 5 nitrogen and oxygen atoms in total. The van der Waals surface area contributed by atoms with Crippen molar-refractivity contribution in [3.63, 3.8) is 0 Å². The van der Waals surface area contributed by atoms with E-state index in [9.17, 15) is 14.0 Å². The number of nitrogens with one attached hydrogen (secondary N) is 3. The van der Waals surface area contributed by atoms with Gasteiger partial charge in [0.2, 0.25) is 5.91 Å². The lowest BCUT2D eigenvalue weighted by Gasteiger charge is -2.19. The smallest absolute Gasteiger partial charge is 0.251 e. The molecule has 0 spiro atoms. The van der Waals surface area contributed by atoms with E-state index in [1.54, 1.807) is 24.3 Å². The van der Waals surface area contributed by atoms with Crippen LogP contribution in [0.5, 0.6) is 0 Å². The van der Waals surface area contributed by atoms with E-state index in [1.165, 1.54) is 17.7 Å². The summed E-state index contributed by atoms with van der Waals surface area (Å²) in [6, 6.07) is 33.9. The molecule has 4 aromatic carbocycles. The molecule has 4 aromatic rings. The maximum absolute atomic E-state index is 13.6. The van der Waals surface area contributed by atoms with Crippen LogP contribution >= 0.6 is 0 Å². The van der Waals surface area contributed by atoms with Crippen molar-refractivity contribution in [3.05, 3.63) is 132 Å². The minimum atomic E-state index is -0.692. The fraction of sp³-hybridized carbons (Fsp3) is 0.257. The average molecular weight is 550 g/mol. The molecule has 0 radical (unpaired) electrons. The van der Waals surface area contributed by atoms with Crippen molar-refractivity contribution in [3.8, 4) is 11.1 Å². The van der Waals surface area contributed by atoms with Crippen LogP contribution in [0.3, 0.4) is 0 Å². The number of unbranched alkanes of at least 4 members (excludes halogenated alkanes) is 1. The first kappa shape index (κ1) is 28.2. The molecule has 0 aliphatic heterocycles. The topological polar surface area (TPSA) is 70.2 Å². The van der Waals surface area contributed by atoms with Crippen LogP contribution in [0.25, 0.3) is 11.1 Å². The summed E-state index contributed by atoms with van der Waals surface area (Å²) in [6.07, 6.45) is 3.33. The summed E-state index contributed by atoms with van der Waals surface area (Å²) in [5.74, 6) is -0.344. The molecule has 1 aliphatic carbocycles. The molecule has 1 fully saturated rings. The predicted octanol–water partition coefficient (Wildman–Crippen LogP) is 6.22. The van der Waals surface area contributed by atoms with Gasteiger partial charge in [-0.05, 0) is 78.7 Å². The summed E-state index contributed by atoms with van der Waals surface area (Å²) >= 11 is 0. The lowest BCUT2D eigenvalue weighted by Crippen LogP contribution is -2.46. The zero-order chi connectivity index (χ0) is 28.4. The lowest BCUT2D eigenvalue weighted by atomic mass is 10.0. The Labute approximate surface area is 241 Å². The van der Waals surface area contributed by atoms with Crippen LogP contribution in [-0.4, -0.2) is 30.4 Å². The SMILES string of the molecule is O=C(N[C@@H](CCCCN[C@H]1C[C@@H]1c1ccccc1)C(=O)NCc1cccc(F)c1)c1ccc(-c2ccccc2)cc1. The van der Waals surface area contributed by atoms with Gasteiger partial charge in [0.25, 0.3) is 5.91 Å². The van der Waals surface area contributed by atoms with Gasteiger partial charge in [0.1, 0.15) is 11.9 Å². The van der Waals surface area contributed by atoms with E-state index in [0.717, 1.165) is 36.9 Å². The second kappa shape index (κ2) is 13.9. The molecule has 5 rings (SSSR count). The Kier molecular flexibility index (Phi) is 9.55. The van der Waals surface area contributed by atoms with Gasteiger partial charge in [-0.25, -0.2) is 4.39 Å². The van der Waals surface area contributed by atoms with E-state index in [2.05, 4.69) is 40.2 Å². The van der Waals surface area contributed by atoms with E-state index < -0.39 is 6.04 Å². The number of amides is 2. The van der Waals surface area contributed by atoms with E-state index in [4.69, 9.17) is 0 Å². The number of carbonyl (C=O) groups excluding carboxylic acids is 2. The first-order valence-corrected chi connectivity index (χ1v) is 14.3. The Balaban J connectivity index is 1.15. The maximum Gasteiger partial charge on any atom is 0.251 e. The van der Waals surface area contributed by atoms with Crippen LogP contribution in [0.2, 0.25) is 0 Å². The van der Waals surface area contributed by atoms with Crippen molar-refractivity contribution in [2.45, 2.75) is 50.2 Å². The fourth-order valence-electron chi connectivity index (χ4n) is 5.16. The van der Waals surface area contributed by atoms with Crippen molar-refractivity contribution >= 4 is 11.8 Å². The summed E-state index contributed by atoms with van der Waals surface area (Å²) < 4.78 is 13.6. The molecule has 0 saturated heterocycles. The van der Waals surface area contributed by atoms with Gasteiger partial charge in [-0.3, -0.25) is 9.59 Å². The summed E-state index contributed by atoms with van der Waals surface area (Å²) in [7, 11) is 0. The zero-order valence-electron chi connectivity index (χ0n) is 23.1. The van der Waals surface area contributed by atoms with E-state index in [1.807, 2.05) is 48.5 Å². The van der Waals surface area contributed by atoms with Gasteiger partial charge in [0.05, 0.1) is 0 Å². The fourth-order valence-corrected chi connectivity index (χ4v) is 5.16. The molecule has 2 amide bonds.